The summed E-state index contributed by atoms with van der Waals surface area (Å²) in [5.74, 6) is -1.11. The van der Waals surface area contributed by atoms with Crippen molar-refractivity contribution < 1.29 is 23.1 Å². The van der Waals surface area contributed by atoms with Crippen LogP contribution in [-0.2, 0) is 26.2 Å². The van der Waals surface area contributed by atoms with Gasteiger partial charge in [-0.3, -0.25) is 4.31 Å². The Hall–Kier alpha value is -2.73. The Morgan fingerprint density at radius 3 is 2.83 bits per heavy atom. The first-order valence-electron chi connectivity index (χ1n) is 8.74. The Bertz CT molecular complexity index is 1290. The summed E-state index contributed by atoms with van der Waals surface area (Å²) in [7, 11) is -2.39. The van der Waals surface area contributed by atoms with Crippen molar-refractivity contribution in [2.75, 3.05) is 18.0 Å². The lowest BCUT2D eigenvalue weighted by atomic mass is 10.2. The average molecular weight is 464 g/mol. The van der Waals surface area contributed by atoms with Gasteiger partial charge in [-0.1, -0.05) is 12.1 Å². The summed E-state index contributed by atoms with van der Waals surface area (Å²) in [6.45, 7) is -0.582. The number of hydrogen-bond acceptors (Lipinski definition) is 7. The maximum Gasteiger partial charge on any atom is 0.329 e. The fraction of sp³-hybridized carbons (Fsp3) is 0.158. The summed E-state index contributed by atoms with van der Waals surface area (Å²) in [6, 6.07) is 8.88. The summed E-state index contributed by atoms with van der Waals surface area (Å²) >= 11 is 2.70. The Morgan fingerprint density at radius 2 is 2.10 bits per heavy atom. The van der Waals surface area contributed by atoms with E-state index in [9.17, 15) is 13.2 Å². The molecule has 0 spiro atoms. The zero-order valence-corrected chi connectivity index (χ0v) is 18.2. The van der Waals surface area contributed by atoms with Crippen LogP contribution in [0, 0.1) is 0 Å². The van der Waals surface area contributed by atoms with Crippen LogP contribution < -0.4 is 4.31 Å². The molecule has 156 valence electrons. The number of benzene rings is 1. The number of fused-ring (bicyclic) bond motifs is 1. The molecule has 0 saturated heterocycles. The number of aliphatic carboxylic acids is 1. The van der Waals surface area contributed by atoms with Gasteiger partial charge in [0.15, 0.2) is 0 Å². The van der Waals surface area contributed by atoms with E-state index in [-0.39, 0.29) is 11.5 Å². The standard InChI is InChI=1S/C19H17N3O5S3/c1-22(30(25,26)16-5-7-28-15(16)10-27-11-17(23)24)14-4-2-3-12-9-13(21-18(12)14)19-20-6-8-29-19/h2-9,21H,10-11H2,1H3,(H,23,24). The van der Waals surface area contributed by atoms with Gasteiger partial charge in [0.1, 0.15) is 16.5 Å². The molecule has 0 aliphatic heterocycles. The molecular formula is C19H17N3O5S3. The summed E-state index contributed by atoms with van der Waals surface area (Å²) < 4.78 is 33.0. The van der Waals surface area contributed by atoms with Gasteiger partial charge < -0.3 is 14.8 Å². The van der Waals surface area contributed by atoms with Crippen LogP contribution in [0.4, 0.5) is 5.69 Å². The molecule has 3 heterocycles. The molecule has 30 heavy (non-hydrogen) atoms. The van der Waals surface area contributed by atoms with E-state index in [0.717, 1.165) is 16.1 Å². The average Bonchev–Trinajstić information content (AvgIpc) is 3.45. The van der Waals surface area contributed by atoms with E-state index >= 15 is 0 Å². The highest BCUT2D eigenvalue weighted by Crippen LogP contribution is 2.34. The number of rotatable bonds is 8. The van der Waals surface area contributed by atoms with E-state index in [1.807, 2.05) is 17.5 Å². The van der Waals surface area contributed by atoms with Crippen LogP contribution in [0.25, 0.3) is 21.6 Å². The summed E-state index contributed by atoms with van der Waals surface area (Å²) in [5.41, 5.74) is 2.00. The number of thiazole rings is 1. The van der Waals surface area contributed by atoms with E-state index in [1.165, 1.54) is 40.1 Å². The number of thiophene rings is 1. The molecule has 0 aliphatic rings. The minimum atomic E-state index is -3.88. The lowest BCUT2D eigenvalue weighted by Gasteiger charge is -2.20. The number of H-pyrrole nitrogens is 1. The number of nitrogens with zero attached hydrogens (tertiary/aromatic N) is 2. The summed E-state index contributed by atoms with van der Waals surface area (Å²) in [4.78, 5) is 18.8. The minimum absolute atomic E-state index is 0.0900. The molecule has 1 aromatic carbocycles. The highest BCUT2D eigenvalue weighted by atomic mass is 32.2. The van der Waals surface area contributed by atoms with Gasteiger partial charge in [-0.25, -0.2) is 18.2 Å². The molecule has 4 rings (SSSR count). The molecule has 2 N–H and O–H groups in total. The predicted octanol–water partition coefficient (Wildman–Crippen LogP) is 3.78. The second-order valence-corrected chi connectivity index (χ2v) is 10.2. The first kappa shape index (κ1) is 20.5. The van der Waals surface area contributed by atoms with Crippen molar-refractivity contribution in [2.24, 2.45) is 0 Å². The summed E-state index contributed by atoms with van der Waals surface area (Å²) in [5, 5.41) is 13.9. The molecule has 0 amide bonds. The molecule has 0 atom stereocenters. The summed E-state index contributed by atoms with van der Waals surface area (Å²) in [6.07, 6.45) is 1.72. The topological polar surface area (TPSA) is 113 Å². The number of carbonyl (C=O) groups is 1. The molecule has 0 aliphatic carbocycles. The van der Waals surface area contributed by atoms with Gasteiger partial charge in [0.25, 0.3) is 10.0 Å². The maximum absolute atomic E-state index is 13.3. The van der Waals surface area contributed by atoms with Gasteiger partial charge in [-0.05, 0) is 23.6 Å². The largest absolute Gasteiger partial charge is 0.480 e. The van der Waals surface area contributed by atoms with Gasteiger partial charge >= 0.3 is 5.97 Å². The van der Waals surface area contributed by atoms with Gasteiger partial charge in [-0.15, -0.1) is 22.7 Å². The van der Waals surface area contributed by atoms with Crippen molar-refractivity contribution in [1.29, 1.82) is 0 Å². The fourth-order valence-electron chi connectivity index (χ4n) is 3.05. The van der Waals surface area contributed by atoms with Crippen molar-refractivity contribution in [3.63, 3.8) is 0 Å². The van der Waals surface area contributed by atoms with Crippen LogP contribution in [0.5, 0.6) is 0 Å². The molecule has 0 unspecified atom stereocenters. The normalized spacial score (nSPS) is 11.8. The fourth-order valence-corrected chi connectivity index (χ4v) is 6.20. The number of carboxylic acid groups (broad SMARTS) is 1. The molecule has 8 nitrogen and oxygen atoms in total. The molecule has 0 saturated carbocycles. The van der Waals surface area contributed by atoms with Crippen molar-refractivity contribution in [3.8, 4) is 10.7 Å². The number of aromatic amines is 1. The van der Waals surface area contributed by atoms with E-state index in [1.54, 1.807) is 23.7 Å². The monoisotopic (exact) mass is 463 g/mol. The van der Waals surface area contributed by atoms with E-state index < -0.39 is 22.6 Å². The van der Waals surface area contributed by atoms with Crippen molar-refractivity contribution >= 4 is 55.3 Å². The number of ether oxygens (including phenoxy) is 1. The van der Waals surface area contributed by atoms with E-state index in [2.05, 4.69) is 9.97 Å². The molecule has 0 radical (unpaired) electrons. The Labute approximate surface area is 180 Å². The number of para-hydroxylation sites is 1. The van der Waals surface area contributed by atoms with Crippen LogP contribution in [0.1, 0.15) is 4.88 Å². The highest BCUT2D eigenvalue weighted by molar-refractivity contribution is 7.93. The van der Waals surface area contributed by atoms with Crippen LogP contribution >= 0.6 is 22.7 Å². The van der Waals surface area contributed by atoms with Gasteiger partial charge in [-0.2, -0.15) is 0 Å². The lowest BCUT2D eigenvalue weighted by molar-refractivity contribution is -0.142. The molecular weight excluding hydrogens is 446 g/mol. The van der Waals surface area contributed by atoms with Gasteiger partial charge in [0, 0.05) is 24.0 Å². The number of hydrogen-bond donors (Lipinski definition) is 2. The van der Waals surface area contributed by atoms with Gasteiger partial charge in [0.2, 0.25) is 0 Å². The third-order valence-electron chi connectivity index (χ3n) is 4.44. The molecule has 3 aromatic heterocycles. The molecule has 11 heteroatoms. The van der Waals surface area contributed by atoms with Crippen molar-refractivity contribution in [3.05, 3.63) is 52.2 Å². The zero-order valence-electron chi connectivity index (χ0n) is 15.7. The van der Waals surface area contributed by atoms with Crippen LogP contribution in [0.3, 0.4) is 0 Å². The first-order valence-corrected chi connectivity index (χ1v) is 11.9. The SMILES string of the molecule is CN(c1cccc2cc(-c3nccs3)[nH]c12)S(=O)(=O)c1ccsc1COCC(=O)O. The number of carboxylic acids is 1. The van der Waals surface area contributed by atoms with Gasteiger partial charge in [0.05, 0.1) is 28.4 Å². The molecule has 0 bridgehead atoms. The molecule has 0 fully saturated rings. The maximum atomic E-state index is 13.3. The molecule has 4 aromatic rings. The zero-order chi connectivity index (χ0) is 21.3. The van der Waals surface area contributed by atoms with Crippen LogP contribution in [-0.4, -0.2) is 43.1 Å². The number of sulfonamides is 1. The third-order valence-corrected chi connectivity index (χ3v) is 8.12. The number of aromatic nitrogens is 2. The minimum Gasteiger partial charge on any atom is -0.480 e. The van der Waals surface area contributed by atoms with E-state index in [4.69, 9.17) is 9.84 Å². The first-order chi connectivity index (χ1) is 14.4. The van der Waals surface area contributed by atoms with E-state index in [0.29, 0.717) is 16.1 Å². The highest BCUT2D eigenvalue weighted by Gasteiger charge is 2.27. The predicted molar refractivity (Wildman–Crippen MR) is 117 cm³/mol. The second kappa shape index (κ2) is 8.19. The third kappa shape index (κ3) is 3.84. The number of anilines is 1. The van der Waals surface area contributed by atoms with Crippen molar-refractivity contribution in [2.45, 2.75) is 11.5 Å². The quantitative estimate of drug-likeness (QED) is 0.411. The Balaban J connectivity index is 1.69. The number of nitrogens with one attached hydrogen (secondary N) is 1. The Morgan fingerprint density at radius 1 is 1.27 bits per heavy atom. The van der Waals surface area contributed by atoms with Crippen LogP contribution in [0.2, 0.25) is 0 Å². The van der Waals surface area contributed by atoms with Crippen molar-refractivity contribution in [1.82, 2.24) is 9.97 Å². The second-order valence-electron chi connectivity index (χ2n) is 6.33. The van der Waals surface area contributed by atoms with Crippen LogP contribution in [0.15, 0.2) is 52.2 Å². The lowest BCUT2D eigenvalue weighted by Crippen LogP contribution is -2.27. The smallest absolute Gasteiger partial charge is 0.329 e. The Kier molecular flexibility index (Phi) is 5.60.